The number of carbonyl (C=O) groups excluding carboxylic acids is 1. The Morgan fingerprint density at radius 2 is 2.07 bits per heavy atom. The molecule has 3 aromatic rings. The van der Waals surface area contributed by atoms with Gasteiger partial charge in [-0.15, -0.1) is 11.3 Å². The molecule has 7 heteroatoms. The Balaban J connectivity index is 1.52. The molecule has 0 saturated heterocycles. The van der Waals surface area contributed by atoms with Gasteiger partial charge in [-0.25, -0.2) is 4.79 Å². The highest BCUT2D eigenvalue weighted by molar-refractivity contribution is 7.14. The minimum absolute atomic E-state index is 0.227. The monoisotopic (exact) mass is 428 g/mol. The lowest BCUT2D eigenvalue weighted by atomic mass is 10.0. The standard InChI is InChI=1S/C22H25ClN4OS/c1-3-26-11-8-17-18(21(29-20(17)14-26)27-9-4-5-10-27)13-24-22(28)25-16-7-6-15(2)19(23)12-16/h4-7,9-10,12H,3,8,11,13-14H2,1-2H3,(H2,24,25,28). The van der Waals surface area contributed by atoms with Gasteiger partial charge in [-0.1, -0.05) is 24.6 Å². The smallest absolute Gasteiger partial charge is 0.319 e. The second-order valence-electron chi connectivity index (χ2n) is 7.27. The zero-order valence-electron chi connectivity index (χ0n) is 16.7. The number of fused-ring (bicyclic) bond motifs is 1. The SMILES string of the molecule is CCN1CCc2c(sc(-n3cccc3)c2CNC(=O)Nc2ccc(C)c(Cl)c2)C1. The third-order valence-corrected chi connectivity index (χ3v) is 7.05. The van der Waals surface area contributed by atoms with Crippen molar-refractivity contribution in [1.82, 2.24) is 14.8 Å². The van der Waals surface area contributed by atoms with Crippen LogP contribution < -0.4 is 10.6 Å². The minimum atomic E-state index is -0.227. The predicted molar refractivity (Wildman–Crippen MR) is 120 cm³/mol. The molecule has 1 aromatic carbocycles. The van der Waals surface area contributed by atoms with Crippen molar-refractivity contribution in [2.45, 2.75) is 33.4 Å². The van der Waals surface area contributed by atoms with Gasteiger partial charge in [-0.3, -0.25) is 4.90 Å². The van der Waals surface area contributed by atoms with E-state index in [1.807, 2.05) is 42.5 Å². The molecule has 0 saturated carbocycles. The highest BCUT2D eigenvalue weighted by Gasteiger charge is 2.24. The molecule has 0 atom stereocenters. The number of urea groups is 1. The van der Waals surface area contributed by atoms with E-state index in [2.05, 4.69) is 39.4 Å². The van der Waals surface area contributed by atoms with Gasteiger partial charge in [-0.05, 0) is 55.3 Å². The highest BCUT2D eigenvalue weighted by Crippen LogP contribution is 2.35. The fourth-order valence-electron chi connectivity index (χ4n) is 3.65. The molecule has 2 N–H and O–H groups in total. The lowest BCUT2D eigenvalue weighted by molar-refractivity contribution is 0.251. The number of thiophene rings is 1. The van der Waals surface area contributed by atoms with Crippen LogP contribution in [0.1, 0.15) is 28.5 Å². The topological polar surface area (TPSA) is 49.3 Å². The number of carbonyl (C=O) groups is 1. The van der Waals surface area contributed by atoms with E-state index < -0.39 is 0 Å². The van der Waals surface area contributed by atoms with Crippen LogP contribution in [0.4, 0.5) is 10.5 Å². The van der Waals surface area contributed by atoms with Crippen molar-refractivity contribution in [3.05, 3.63) is 69.3 Å². The Bertz CT molecular complexity index is 1010. The first-order valence-electron chi connectivity index (χ1n) is 9.85. The van der Waals surface area contributed by atoms with E-state index in [1.54, 1.807) is 6.07 Å². The first-order valence-corrected chi connectivity index (χ1v) is 11.0. The van der Waals surface area contributed by atoms with Crippen molar-refractivity contribution in [2.24, 2.45) is 0 Å². The first kappa shape index (κ1) is 20.0. The van der Waals surface area contributed by atoms with E-state index in [4.69, 9.17) is 11.6 Å². The molecule has 5 nitrogen and oxygen atoms in total. The second kappa shape index (κ2) is 8.61. The average Bonchev–Trinajstić information content (AvgIpc) is 3.36. The average molecular weight is 429 g/mol. The number of hydrogen-bond donors (Lipinski definition) is 2. The molecule has 2 aromatic heterocycles. The molecular weight excluding hydrogens is 404 g/mol. The van der Waals surface area contributed by atoms with Crippen LogP contribution in [-0.4, -0.2) is 28.6 Å². The third kappa shape index (κ3) is 4.34. The summed E-state index contributed by atoms with van der Waals surface area (Å²) in [5.74, 6) is 0. The molecule has 2 amide bonds. The van der Waals surface area contributed by atoms with E-state index in [0.29, 0.717) is 17.3 Å². The summed E-state index contributed by atoms with van der Waals surface area (Å²) in [5, 5.41) is 7.74. The van der Waals surface area contributed by atoms with E-state index in [1.165, 1.54) is 21.0 Å². The van der Waals surface area contributed by atoms with Crippen molar-refractivity contribution in [2.75, 3.05) is 18.4 Å². The number of rotatable bonds is 5. The molecule has 0 bridgehead atoms. The maximum atomic E-state index is 12.5. The molecule has 4 rings (SSSR count). The maximum absolute atomic E-state index is 12.5. The van der Waals surface area contributed by atoms with Gasteiger partial charge < -0.3 is 15.2 Å². The third-order valence-electron chi connectivity index (χ3n) is 5.37. The van der Waals surface area contributed by atoms with Gasteiger partial charge in [0.05, 0.1) is 0 Å². The summed E-state index contributed by atoms with van der Waals surface area (Å²) in [6.07, 6.45) is 5.15. The van der Waals surface area contributed by atoms with Gasteiger partial charge in [0.25, 0.3) is 0 Å². The quantitative estimate of drug-likeness (QED) is 0.586. The summed E-state index contributed by atoms with van der Waals surface area (Å²) < 4.78 is 2.15. The number of aromatic nitrogens is 1. The van der Waals surface area contributed by atoms with E-state index >= 15 is 0 Å². The van der Waals surface area contributed by atoms with Crippen LogP contribution in [0, 0.1) is 6.92 Å². The fourth-order valence-corrected chi connectivity index (χ4v) is 5.21. The fraction of sp³-hybridized carbons (Fsp3) is 0.318. The molecule has 3 heterocycles. The Morgan fingerprint density at radius 3 is 2.79 bits per heavy atom. The molecule has 0 unspecified atom stereocenters. The number of nitrogens with zero attached hydrogens (tertiary/aromatic N) is 2. The van der Waals surface area contributed by atoms with Crippen molar-refractivity contribution >= 4 is 34.7 Å². The van der Waals surface area contributed by atoms with E-state index in [9.17, 15) is 4.79 Å². The van der Waals surface area contributed by atoms with Crippen molar-refractivity contribution in [3.63, 3.8) is 0 Å². The molecule has 1 aliphatic rings. The maximum Gasteiger partial charge on any atom is 0.319 e. The van der Waals surface area contributed by atoms with Crippen LogP contribution in [0.2, 0.25) is 5.02 Å². The molecule has 0 spiro atoms. The molecule has 152 valence electrons. The number of halogens is 1. The lowest BCUT2D eigenvalue weighted by Gasteiger charge is -2.25. The zero-order chi connectivity index (χ0) is 20.4. The lowest BCUT2D eigenvalue weighted by Crippen LogP contribution is -2.31. The predicted octanol–water partition coefficient (Wildman–Crippen LogP) is 5.20. The number of aryl methyl sites for hydroxylation is 1. The normalized spacial score (nSPS) is 13.9. The van der Waals surface area contributed by atoms with Gasteiger partial charge in [-0.2, -0.15) is 0 Å². The minimum Gasteiger partial charge on any atom is -0.334 e. The summed E-state index contributed by atoms with van der Waals surface area (Å²) in [6, 6.07) is 9.36. The number of likely N-dealkylation sites (N-methyl/N-ethyl adjacent to an activating group) is 1. The largest absolute Gasteiger partial charge is 0.334 e. The second-order valence-corrected chi connectivity index (χ2v) is 8.76. The van der Waals surface area contributed by atoms with Crippen LogP contribution in [0.15, 0.2) is 42.7 Å². The van der Waals surface area contributed by atoms with Crippen LogP contribution in [0.25, 0.3) is 5.00 Å². The van der Waals surface area contributed by atoms with Gasteiger partial charge in [0, 0.05) is 53.2 Å². The van der Waals surface area contributed by atoms with Gasteiger partial charge >= 0.3 is 6.03 Å². The highest BCUT2D eigenvalue weighted by atomic mass is 35.5. The summed E-state index contributed by atoms with van der Waals surface area (Å²) in [6.45, 7) is 7.75. The van der Waals surface area contributed by atoms with Crippen LogP contribution in [0.5, 0.6) is 0 Å². The Hall–Kier alpha value is -2.28. The first-order chi connectivity index (χ1) is 14.0. The van der Waals surface area contributed by atoms with Gasteiger partial charge in [0.2, 0.25) is 0 Å². The van der Waals surface area contributed by atoms with Crippen LogP contribution in [0.3, 0.4) is 0 Å². The zero-order valence-corrected chi connectivity index (χ0v) is 18.2. The van der Waals surface area contributed by atoms with E-state index in [-0.39, 0.29) is 6.03 Å². The van der Waals surface area contributed by atoms with Crippen molar-refractivity contribution in [1.29, 1.82) is 0 Å². The van der Waals surface area contributed by atoms with E-state index in [0.717, 1.165) is 31.6 Å². The summed E-state index contributed by atoms with van der Waals surface area (Å²) in [5.41, 5.74) is 4.28. The Morgan fingerprint density at radius 1 is 1.28 bits per heavy atom. The van der Waals surface area contributed by atoms with Crippen molar-refractivity contribution < 1.29 is 4.79 Å². The number of amides is 2. The number of anilines is 1. The summed E-state index contributed by atoms with van der Waals surface area (Å²) in [7, 11) is 0. The molecular formula is C22H25ClN4OS. The molecule has 0 aliphatic carbocycles. The number of benzene rings is 1. The Kier molecular flexibility index (Phi) is 5.94. The van der Waals surface area contributed by atoms with Crippen molar-refractivity contribution in [3.8, 4) is 5.00 Å². The number of nitrogens with one attached hydrogen (secondary N) is 2. The van der Waals surface area contributed by atoms with Crippen LogP contribution >= 0.6 is 22.9 Å². The summed E-state index contributed by atoms with van der Waals surface area (Å²) in [4.78, 5) is 16.4. The van der Waals surface area contributed by atoms with Gasteiger partial charge in [0.15, 0.2) is 0 Å². The molecule has 0 radical (unpaired) electrons. The summed E-state index contributed by atoms with van der Waals surface area (Å²) >= 11 is 7.99. The molecule has 0 fully saturated rings. The Labute approximate surface area is 180 Å². The molecule has 29 heavy (non-hydrogen) atoms. The van der Waals surface area contributed by atoms with Crippen LogP contribution in [-0.2, 0) is 19.5 Å². The number of hydrogen-bond acceptors (Lipinski definition) is 3. The molecule has 1 aliphatic heterocycles. The van der Waals surface area contributed by atoms with Gasteiger partial charge in [0.1, 0.15) is 5.00 Å².